The largest absolute Gasteiger partial charge is 0.491 e. The fourth-order valence-electron chi connectivity index (χ4n) is 1.38. The molecule has 1 aromatic rings. The number of aliphatic hydroxyl groups is 1. The molecule has 0 aliphatic rings. The molecule has 0 radical (unpaired) electrons. The predicted molar refractivity (Wildman–Crippen MR) is 63.1 cm³/mol. The number of nitrogens with two attached hydrogens (primary N) is 1. The van der Waals surface area contributed by atoms with E-state index in [0.717, 1.165) is 0 Å². The number of hydrogen-bond acceptors (Lipinski definition) is 5. The zero-order chi connectivity index (χ0) is 13.0. The first-order chi connectivity index (χ1) is 7.95. The van der Waals surface area contributed by atoms with Gasteiger partial charge in [0.25, 0.3) is 5.69 Å². The van der Waals surface area contributed by atoms with Gasteiger partial charge >= 0.3 is 0 Å². The molecule has 0 unspecified atom stereocenters. The molecule has 6 heteroatoms. The lowest BCUT2D eigenvalue weighted by atomic mass is 10.1. The number of nitrogens with zero attached hydrogens (tertiary/aromatic N) is 1. The Morgan fingerprint density at radius 1 is 1.47 bits per heavy atom. The van der Waals surface area contributed by atoms with E-state index >= 15 is 0 Å². The average Bonchev–Trinajstić information content (AvgIpc) is 2.28. The van der Waals surface area contributed by atoms with Crippen LogP contribution in [-0.2, 0) is 0 Å². The lowest BCUT2D eigenvalue weighted by Gasteiger charge is -2.13. The van der Waals surface area contributed by atoms with Crippen molar-refractivity contribution < 1.29 is 14.8 Å². The summed E-state index contributed by atoms with van der Waals surface area (Å²) in [6.45, 7) is 3.56. The van der Waals surface area contributed by atoms with Crippen molar-refractivity contribution >= 4 is 5.69 Å². The third-order valence-electron chi connectivity index (χ3n) is 2.39. The van der Waals surface area contributed by atoms with Gasteiger partial charge in [-0.3, -0.25) is 10.1 Å². The van der Waals surface area contributed by atoms with Crippen LogP contribution >= 0.6 is 0 Å². The van der Waals surface area contributed by atoms with Crippen LogP contribution < -0.4 is 10.5 Å². The molecule has 1 rings (SSSR count). The lowest BCUT2D eigenvalue weighted by molar-refractivity contribution is -0.385. The second kappa shape index (κ2) is 5.60. The van der Waals surface area contributed by atoms with Gasteiger partial charge < -0.3 is 15.6 Å². The van der Waals surface area contributed by atoms with Gasteiger partial charge in [0.05, 0.1) is 4.92 Å². The number of nitro benzene ring substituents is 1. The van der Waals surface area contributed by atoms with E-state index < -0.39 is 11.0 Å². The standard InChI is InChI=1S/C11H16N2O4/c1-7-4-11(17-6-9(14)5-12)8(2)3-10(7)13(15)16/h3-4,9,14H,5-6,12H2,1-2H3/t9-/m1/s1. The Labute approximate surface area is 99.2 Å². The fraction of sp³-hybridized carbons (Fsp3) is 0.455. The van der Waals surface area contributed by atoms with Crippen LogP contribution in [-0.4, -0.2) is 29.3 Å². The minimum atomic E-state index is -0.732. The fourth-order valence-corrected chi connectivity index (χ4v) is 1.38. The molecule has 3 N–H and O–H groups in total. The molecule has 1 atom stereocenters. The smallest absolute Gasteiger partial charge is 0.272 e. The molecule has 1 aromatic carbocycles. The van der Waals surface area contributed by atoms with Gasteiger partial charge in [-0.25, -0.2) is 0 Å². The lowest BCUT2D eigenvalue weighted by Crippen LogP contribution is -2.26. The predicted octanol–water partition coefficient (Wildman–Crippen LogP) is 0.910. The number of rotatable bonds is 5. The zero-order valence-corrected chi connectivity index (χ0v) is 9.84. The van der Waals surface area contributed by atoms with Crippen molar-refractivity contribution in [2.45, 2.75) is 20.0 Å². The van der Waals surface area contributed by atoms with Crippen LogP contribution in [0.15, 0.2) is 12.1 Å². The maximum absolute atomic E-state index is 10.7. The molecule has 6 nitrogen and oxygen atoms in total. The maximum atomic E-state index is 10.7. The third-order valence-corrected chi connectivity index (χ3v) is 2.39. The first-order valence-electron chi connectivity index (χ1n) is 5.22. The maximum Gasteiger partial charge on any atom is 0.272 e. The summed E-state index contributed by atoms with van der Waals surface area (Å²) in [7, 11) is 0. The van der Waals surface area contributed by atoms with Crippen LogP contribution in [0, 0.1) is 24.0 Å². The molecule has 0 saturated heterocycles. The summed E-state index contributed by atoms with van der Waals surface area (Å²) in [4.78, 5) is 10.3. The second-order valence-corrected chi connectivity index (χ2v) is 3.86. The minimum Gasteiger partial charge on any atom is -0.491 e. The average molecular weight is 240 g/mol. The summed E-state index contributed by atoms with van der Waals surface area (Å²) in [5.41, 5.74) is 6.50. The summed E-state index contributed by atoms with van der Waals surface area (Å²) < 4.78 is 5.35. The topological polar surface area (TPSA) is 98.6 Å². The molecule has 17 heavy (non-hydrogen) atoms. The number of hydrogen-bond donors (Lipinski definition) is 2. The molecule has 0 heterocycles. The number of nitro groups is 1. The van der Waals surface area contributed by atoms with Gasteiger partial charge in [0, 0.05) is 18.2 Å². The molecule has 0 bridgehead atoms. The molecule has 0 aromatic heterocycles. The summed E-state index contributed by atoms with van der Waals surface area (Å²) >= 11 is 0. The van der Waals surface area contributed by atoms with Gasteiger partial charge in [0.2, 0.25) is 0 Å². The molecule has 94 valence electrons. The molecule has 0 amide bonds. The highest BCUT2D eigenvalue weighted by Gasteiger charge is 2.14. The number of aliphatic hydroxyl groups excluding tert-OH is 1. The monoisotopic (exact) mass is 240 g/mol. The van der Waals surface area contributed by atoms with E-state index in [-0.39, 0.29) is 18.8 Å². The normalized spacial score (nSPS) is 12.2. The summed E-state index contributed by atoms with van der Waals surface area (Å²) in [5.74, 6) is 0.528. The van der Waals surface area contributed by atoms with Gasteiger partial charge in [-0.1, -0.05) is 0 Å². The van der Waals surface area contributed by atoms with Crippen LogP contribution in [0.4, 0.5) is 5.69 Å². The van der Waals surface area contributed by atoms with Crippen LogP contribution in [0.3, 0.4) is 0 Å². The molecular formula is C11H16N2O4. The Bertz CT molecular complexity index is 420. The van der Waals surface area contributed by atoms with Crippen molar-refractivity contribution in [1.29, 1.82) is 0 Å². The second-order valence-electron chi connectivity index (χ2n) is 3.86. The van der Waals surface area contributed by atoms with Gasteiger partial charge in [0.1, 0.15) is 18.5 Å². The summed E-state index contributed by atoms with van der Waals surface area (Å²) in [5, 5.41) is 20.0. The molecule has 0 saturated carbocycles. The van der Waals surface area contributed by atoms with Crippen molar-refractivity contribution in [2.75, 3.05) is 13.2 Å². The number of benzene rings is 1. The van der Waals surface area contributed by atoms with Gasteiger partial charge in [-0.05, 0) is 25.5 Å². The zero-order valence-electron chi connectivity index (χ0n) is 9.84. The van der Waals surface area contributed by atoms with Crippen LogP contribution in [0.25, 0.3) is 0 Å². The van der Waals surface area contributed by atoms with E-state index in [4.69, 9.17) is 10.5 Å². The first kappa shape index (κ1) is 13.4. The highest BCUT2D eigenvalue weighted by Crippen LogP contribution is 2.27. The van der Waals surface area contributed by atoms with E-state index in [2.05, 4.69) is 0 Å². The van der Waals surface area contributed by atoms with Crippen molar-refractivity contribution in [1.82, 2.24) is 0 Å². The van der Waals surface area contributed by atoms with E-state index in [1.165, 1.54) is 6.07 Å². The van der Waals surface area contributed by atoms with Gasteiger partial charge in [-0.2, -0.15) is 0 Å². The Morgan fingerprint density at radius 3 is 2.65 bits per heavy atom. The van der Waals surface area contributed by atoms with E-state index in [1.807, 2.05) is 0 Å². The summed E-state index contributed by atoms with van der Waals surface area (Å²) in [6, 6.07) is 3.05. The number of ether oxygens (including phenoxy) is 1. The molecule has 0 aliphatic carbocycles. The molecule has 0 fully saturated rings. The van der Waals surface area contributed by atoms with Crippen molar-refractivity contribution in [3.63, 3.8) is 0 Å². The van der Waals surface area contributed by atoms with Crippen LogP contribution in [0.2, 0.25) is 0 Å². The Hall–Kier alpha value is -1.66. The van der Waals surface area contributed by atoms with Gasteiger partial charge in [0.15, 0.2) is 0 Å². The Kier molecular flexibility index (Phi) is 4.42. The third kappa shape index (κ3) is 3.40. The number of aryl methyl sites for hydroxylation is 2. The van der Waals surface area contributed by atoms with E-state index in [0.29, 0.717) is 16.9 Å². The molecule has 0 spiro atoms. The molecular weight excluding hydrogens is 224 g/mol. The van der Waals surface area contributed by atoms with Crippen molar-refractivity contribution in [3.8, 4) is 5.75 Å². The minimum absolute atomic E-state index is 0.0641. The highest BCUT2D eigenvalue weighted by molar-refractivity contribution is 5.49. The summed E-state index contributed by atoms with van der Waals surface area (Å²) in [6.07, 6.45) is -0.732. The molecule has 0 aliphatic heterocycles. The SMILES string of the molecule is Cc1cc([N+](=O)[O-])c(C)cc1OC[C@H](O)CN. The van der Waals surface area contributed by atoms with Crippen LogP contribution in [0.1, 0.15) is 11.1 Å². The Balaban J connectivity index is 2.88. The quantitative estimate of drug-likeness (QED) is 0.588. The first-order valence-corrected chi connectivity index (χ1v) is 5.22. The van der Waals surface area contributed by atoms with Gasteiger partial charge in [-0.15, -0.1) is 0 Å². The van der Waals surface area contributed by atoms with Crippen molar-refractivity contribution in [3.05, 3.63) is 33.4 Å². The Morgan fingerprint density at radius 2 is 2.12 bits per heavy atom. The van der Waals surface area contributed by atoms with Crippen molar-refractivity contribution in [2.24, 2.45) is 5.73 Å². The van der Waals surface area contributed by atoms with Crippen LogP contribution in [0.5, 0.6) is 5.75 Å². The van der Waals surface area contributed by atoms with E-state index in [9.17, 15) is 15.2 Å². The van der Waals surface area contributed by atoms with E-state index in [1.54, 1.807) is 19.9 Å². The highest BCUT2D eigenvalue weighted by atomic mass is 16.6.